The fourth-order valence-electron chi connectivity index (χ4n) is 2.49. The van der Waals surface area contributed by atoms with E-state index in [0.717, 1.165) is 0 Å². The van der Waals surface area contributed by atoms with Gasteiger partial charge in [0.05, 0.1) is 12.1 Å². The Morgan fingerprint density at radius 3 is 2.47 bits per heavy atom. The predicted octanol–water partition coefficient (Wildman–Crippen LogP) is 1.76. The van der Waals surface area contributed by atoms with Crippen LogP contribution < -0.4 is 5.32 Å². The van der Waals surface area contributed by atoms with E-state index >= 15 is 0 Å². The van der Waals surface area contributed by atoms with Crippen LogP contribution in [0.25, 0.3) is 0 Å². The van der Waals surface area contributed by atoms with Crippen LogP contribution in [0.5, 0.6) is 0 Å². The van der Waals surface area contributed by atoms with Crippen molar-refractivity contribution in [2.75, 3.05) is 6.61 Å². The minimum Gasteiger partial charge on any atom is -0.394 e. The minimum atomic E-state index is -0.555. The number of carbonyl (C=O) groups is 1. The van der Waals surface area contributed by atoms with Crippen molar-refractivity contribution in [3.05, 3.63) is 59.7 Å². The number of rotatable bonds is 4. The Balaban J connectivity index is 2.08. The van der Waals surface area contributed by atoms with Crippen molar-refractivity contribution in [2.45, 2.75) is 25.3 Å². The standard InChI is InChI=1S/C16H19NO2/c1-2-3-4-9-15(19)17-16(12-18)10-13-7-5-6-8-14(13)11-16/h2-9,18H,10-12H2,1H3,(H,17,19). The first-order chi connectivity index (χ1) is 9.19. The smallest absolute Gasteiger partial charge is 0.244 e. The highest BCUT2D eigenvalue weighted by molar-refractivity contribution is 5.88. The number of nitrogens with one attached hydrogen (secondary N) is 1. The van der Waals surface area contributed by atoms with Crippen molar-refractivity contribution >= 4 is 5.91 Å². The highest BCUT2D eigenvalue weighted by Gasteiger charge is 2.37. The number of aliphatic hydroxyl groups is 1. The third-order valence-electron chi connectivity index (χ3n) is 3.42. The van der Waals surface area contributed by atoms with E-state index in [4.69, 9.17) is 0 Å². The lowest BCUT2D eigenvalue weighted by Crippen LogP contribution is -2.51. The number of amides is 1. The second kappa shape index (κ2) is 5.85. The third-order valence-corrected chi connectivity index (χ3v) is 3.42. The van der Waals surface area contributed by atoms with E-state index < -0.39 is 5.54 Å². The molecule has 2 rings (SSSR count). The summed E-state index contributed by atoms with van der Waals surface area (Å²) in [6.07, 6.45) is 8.21. The van der Waals surface area contributed by atoms with Crippen LogP contribution in [0.4, 0.5) is 0 Å². The summed E-state index contributed by atoms with van der Waals surface area (Å²) in [5, 5.41) is 12.6. The molecular formula is C16H19NO2. The van der Waals surface area contributed by atoms with Gasteiger partial charge in [0.15, 0.2) is 0 Å². The summed E-state index contributed by atoms with van der Waals surface area (Å²) >= 11 is 0. The largest absolute Gasteiger partial charge is 0.394 e. The number of allylic oxidation sites excluding steroid dienone is 3. The van der Waals surface area contributed by atoms with E-state index in [1.54, 1.807) is 12.2 Å². The Morgan fingerprint density at radius 2 is 1.95 bits per heavy atom. The molecule has 0 radical (unpaired) electrons. The molecule has 19 heavy (non-hydrogen) atoms. The summed E-state index contributed by atoms with van der Waals surface area (Å²) in [7, 11) is 0. The molecule has 0 saturated carbocycles. The van der Waals surface area contributed by atoms with Crippen molar-refractivity contribution in [2.24, 2.45) is 0 Å². The zero-order valence-electron chi connectivity index (χ0n) is 11.1. The van der Waals surface area contributed by atoms with Crippen LogP contribution >= 0.6 is 0 Å². The van der Waals surface area contributed by atoms with Gasteiger partial charge in [-0.05, 0) is 30.9 Å². The highest BCUT2D eigenvalue weighted by Crippen LogP contribution is 2.29. The molecule has 0 bridgehead atoms. The Hall–Kier alpha value is -1.87. The summed E-state index contributed by atoms with van der Waals surface area (Å²) < 4.78 is 0. The Bertz CT molecular complexity index is 492. The maximum absolute atomic E-state index is 11.8. The summed E-state index contributed by atoms with van der Waals surface area (Å²) in [5.74, 6) is -0.167. The number of fused-ring (bicyclic) bond motifs is 1. The molecule has 0 heterocycles. The predicted molar refractivity (Wildman–Crippen MR) is 75.8 cm³/mol. The average Bonchev–Trinajstić information content (AvgIpc) is 2.77. The van der Waals surface area contributed by atoms with E-state index in [2.05, 4.69) is 17.4 Å². The second-order valence-electron chi connectivity index (χ2n) is 4.93. The molecule has 0 aliphatic heterocycles. The molecule has 3 heteroatoms. The van der Waals surface area contributed by atoms with E-state index in [1.807, 2.05) is 25.1 Å². The molecule has 0 aromatic heterocycles. The summed E-state index contributed by atoms with van der Waals surface area (Å²) in [5.41, 5.74) is 1.85. The lowest BCUT2D eigenvalue weighted by Gasteiger charge is -2.27. The molecule has 0 unspecified atom stereocenters. The maximum Gasteiger partial charge on any atom is 0.244 e. The lowest BCUT2D eigenvalue weighted by atomic mass is 9.96. The van der Waals surface area contributed by atoms with Gasteiger partial charge in [-0.1, -0.05) is 42.5 Å². The zero-order chi connectivity index (χ0) is 13.7. The third kappa shape index (κ3) is 3.12. The minimum absolute atomic E-state index is 0.0507. The van der Waals surface area contributed by atoms with Crippen LogP contribution in [0.3, 0.4) is 0 Å². The molecule has 3 nitrogen and oxygen atoms in total. The van der Waals surface area contributed by atoms with Crippen molar-refractivity contribution in [1.29, 1.82) is 0 Å². The first-order valence-corrected chi connectivity index (χ1v) is 6.48. The molecule has 0 saturated heterocycles. The average molecular weight is 257 g/mol. The first kappa shape index (κ1) is 13.6. The van der Waals surface area contributed by atoms with Gasteiger partial charge in [-0.25, -0.2) is 0 Å². The molecule has 1 aliphatic carbocycles. The SMILES string of the molecule is CC=CC=CC(=O)NC1(CO)Cc2ccccc2C1. The van der Waals surface area contributed by atoms with Crippen molar-refractivity contribution in [3.63, 3.8) is 0 Å². The van der Waals surface area contributed by atoms with Gasteiger partial charge in [0.25, 0.3) is 0 Å². The Morgan fingerprint density at radius 1 is 1.32 bits per heavy atom. The Labute approximate surface area is 113 Å². The lowest BCUT2D eigenvalue weighted by molar-refractivity contribution is -0.118. The van der Waals surface area contributed by atoms with E-state index in [-0.39, 0.29) is 12.5 Å². The molecule has 0 atom stereocenters. The number of aliphatic hydroxyl groups excluding tert-OH is 1. The number of hydrogen-bond acceptors (Lipinski definition) is 2. The van der Waals surface area contributed by atoms with E-state index in [0.29, 0.717) is 12.8 Å². The molecule has 1 aliphatic rings. The number of carbonyl (C=O) groups excluding carboxylic acids is 1. The van der Waals surface area contributed by atoms with Gasteiger partial charge in [0.1, 0.15) is 0 Å². The van der Waals surface area contributed by atoms with Gasteiger partial charge < -0.3 is 10.4 Å². The van der Waals surface area contributed by atoms with Crippen LogP contribution in [0.2, 0.25) is 0 Å². The second-order valence-corrected chi connectivity index (χ2v) is 4.93. The topological polar surface area (TPSA) is 49.3 Å². The van der Waals surface area contributed by atoms with Crippen molar-refractivity contribution in [3.8, 4) is 0 Å². The van der Waals surface area contributed by atoms with Gasteiger partial charge in [0.2, 0.25) is 5.91 Å². The normalized spacial score (nSPS) is 16.9. The van der Waals surface area contributed by atoms with Gasteiger partial charge in [0, 0.05) is 6.08 Å². The number of benzene rings is 1. The summed E-state index contributed by atoms with van der Waals surface area (Å²) in [4.78, 5) is 11.8. The molecule has 1 aromatic carbocycles. The number of hydrogen-bond donors (Lipinski definition) is 2. The molecule has 1 aromatic rings. The molecule has 0 spiro atoms. The highest BCUT2D eigenvalue weighted by atomic mass is 16.3. The van der Waals surface area contributed by atoms with Gasteiger partial charge in [-0.15, -0.1) is 0 Å². The zero-order valence-corrected chi connectivity index (χ0v) is 11.1. The first-order valence-electron chi connectivity index (χ1n) is 6.48. The van der Waals surface area contributed by atoms with Crippen LogP contribution in [0, 0.1) is 0 Å². The van der Waals surface area contributed by atoms with E-state index in [9.17, 15) is 9.90 Å². The Kier molecular flexibility index (Phi) is 4.17. The van der Waals surface area contributed by atoms with E-state index in [1.165, 1.54) is 17.2 Å². The maximum atomic E-state index is 11.8. The molecular weight excluding hydrogens is 238 g/mol. The summed E-state index contributed by atoms with van der Waals surface area (Å²) in [6.45, 7) is 1.84. The summed E-state index contributed by atoms with van der Waals surface area (Å²) in [6, 6.07) is 8.07. The van der Waals surface area contributed by atoms with Crippen LogP contribution in [0.15, 0.2) is 48.6 Å². The quantitative estimate of drug-likeness (QED) is 0.638. The fourth-order valence-corrected chi connectivity index (χ4v) is 2.49. The van der Waals surface area contributed by atoms with Gasteiger partial charge >= 0.3 is 0 Å². The monoisotopic (exact) mass is 257 g/mol. The van der Waals surface area contributed by atoms with Crippen molar-refractivity contribution < 1.29 is 9.90 Å². The van der Waals surface area contributed by atoms with Gasteiger partial charge in [-0.2, -0.15) is 0 Å². The van der Waals surface area contributed by atoms with Crippen molar-refractivity contribution in [1.82, 2.24) is 5.32 Å². The molecule has 100 valence electrons. The molecule has 1 amide bonds. The van der Waals surface area contributed by atoms with Crippen LogP contribution in [-0.2, 0) is 17.6 Å². The van der Waals surface area contributed by atoms with Gasteiger partial charge in [-0.3, -0.25) is 4.79 Å². The molecule has 2 N–H and O–H groups in total. The molecule has 0 fully saturated rings. The fraction of sp³-hybridized carbons (Fsp3) is 0.312. The van der Waals surface area contributed by atoms with Crippen LogP contribution in [-0.4, -0.2) is 23.2 Å². The van der Waals surface area contributed by atoms with Crippen LogP contribution in [0.1, 0.15) is 18.1 Å².